The Kier molecular flexibility index (Phi) is 6.53. The third-order valence-electron chi connectivity index (χ3n) is 3.87. The van der Waals surface area contributed by atoms with E-state index in [2.05, 4.69) is 4.74 Å². The van der Waals surface area contributed by atoms with Crippen molar-refractivity contribution in [3.8, 4) is 11.5 Å². The molecule has 0 saturated carbocycles. The summed E-state index contributed by atoms with van der Waals surface area (Å²) in [7, 11) is 0. The summed E-state index contributed by atoms with van der Waals surface area (Å²) in [5, 5.41) is 10.6. The molecule has 154 valence electrons. The predicted octanol–water partition coefficient (Wildman–Crippen LogP) is 5.26. The van der Waals surface area contributed by atoms with Gasteiger partial charge in [0.2, 0.25) is 0 Å². The maximum absolute atomic E-state index is 12.2. The van der Waals surface area contributed by atoms with Crippen LogP contribution in [0.1, 0.15) is 21.9 Å². The molecule has 0 N–H and O–H groups in total. The minimum Gasteiger partial charge on any atom is -0.486 e. The number of rotatable bonds is 9. The van der Waals surface area contributed by atoms with E-state index >= 15 is 0 Å². The number of carbonyl (C=O) groups is 1. The molecule has 3 rings (SSSR count). The topological polar surface area (TPSA) is 91.8 Å². The highest BCUT2D eigenvalue weighted by Crippen LogP contribution is 2.20. The predicted molar refractivity (Wildman–Crippen MR) is 103 cm³/mol. The van der Waals surface area contributed by atoms with Gasteiger partial charge in [-0.1, -0.05) is 0 Å². The van der Waals surface area contributed by atoms with Crippen molar-refractivity contribution in [1.29, 1.82) is 0 Å². The monoisotopic (exact) mass is 415 g/mol. The Hall–Kier alpha value is -4.01. The van der Waals surface area contributed by atoms with Gasteiger partial charge in [0.15, 0.2) is 5.78 Å². The van der Waals surface area contributed by atoms with E-state index in [0.717, 1.165) is 0 Å². The molecule has 1 heterocycles. The minimum absolute atomic E-state index is 0.0331. The number of hydrogen-bond acceptors (Lipinski definition) is 6. The zero-order valence-electron chi connectivity index (χ0n) is 15.4. The zero-order chi connectivity index (χ0) is 21.5. The summed E-state index contributed by atoms with van der Waals surface area (Å²) in [6.07, 6.45) is 2.77. The summed E-state index contributed by atoms with van der Waals surface area (Å²) in [5.41, 5.74) is 0.273. The molecular weight excluding hydrogens is 400 g/mol. The quantitative estimate of drug-likeness (QED) is 0.205. The highest BCUT2D eigenvalue weighted by atomic mass is 19.3. The number of hydrogen-bond donors (Lipinski definition) is 0. The van der Waals surface area contributed by atoms with Gasteiger partial charge in [-0.25, -0.2) is 0 Å². The van der Waals surface area contributed by atoms with Crippen LogP contribution < -0.4 is 9.47 Å². The molecule has 0 atom stereocenters. The Morgan fingerprint density at radius 3 is 2.33 bits per heavy atom. The number of nitro groups is 1. The van der Waals surface area contributed by atoms with E-state index in [-0.39, 0.29) is 23.8 Å². The van der Waals surface area contributed by atoms with Gasteiger partial charge in [0, 0.05) is 17.7 Å². The molecule has 1 aromatic heterocycles. The molecule has 0 fully saturated rings. The minimum atomic E-state index is -2.93. The van der Waals surface area contributed by atoms with Gasteiger partial charge in [-0.2, -0.15) is 8.78 Å². The van der Waals surface area contributed by atoms with Crippen molar-refractivity contribution in [1.82, 2.24) is 0 Å². The Balaban J connectivity index is 1.54. The van der Waals surface area contributed by atoms with E-state index in [9.17, 15) is 23.7 Å². The summed E-state index contributed by atoms with van der Waals surface area (Å²) < 4.78 is 39.6. The second-order valence-corrected chi connectivity index (χ2v) is 5.94. The first-order valence-corrected chi connectivity index (χ1v) is 8.64. The number of nitro benzene ring substituents is 1. The number of furan rings is 1. The Morgan fingerprint density at radius 1 is 1.03 bits per heavy atom. The molecular formula is C21H15F2NO6. The molecule has 2 aromatic carbocycles. The molecule has 9 heteroatoms. The maximum atomic E-state index is 12.2. The number of benzene rings is 2. The third-order valence-corrected chi connectivity index (χ3v) is 3.87. The molecule has 30 heavy (non-hydrogen) atoms. The fourth-order valence-electron chi connectivity index (χ4n) is 2.43. The SMILES string of the molecule is O=C(/C=C/c1ccc(COc2ccc([N+](=O)[O-])cc2)o1)c1ccc(OC(F)F)cc1. The van der Waals surface area contributed by atoms with E-state index in [4.69, 9.17) is 9.15 Å². The Morgan fingerprint density at radius 2 is 1.70 bits per heavy atom. The molecule has 0 aliphatic carbocycles. The number of non-ortho nitro benzene ring substituents is 1. The van der Waals surface area contributed by atoms with Crippen LogP contribution in [-0.2, 0) is 6.61 Å². The largest absolute Gasteiger partial charge is 0.486 e. The molecule has 0 unspecified atom stereocenters. The fraction of sp³-hybridized carbons (Fsp3) is 0.0952. The van der Waals surface area contributed by atoms with Crippen molar-refractivity contribution >= 4 is 17.5 Å². The fourth-order valence-corrected chi connectivity index (χ4v) is 2.43. The number of alkyl halides is 2. The van der Waals surface area contributed by atoms with Crippen LogP contribution in [-0.4, -0.2) is 17.3 Å². The van der Waals surface area contributed by atoms with Gasteiger partial charge in [-0.15, -0.1) is 0 Å². The van der Waals surface area contributed by atoms with Crippen LogP contribution in [0.15, 0.2) is 71.2 Å². The van der Waals surface area contributed by atoms with E-state index in [1.54, 1.807) is 12.1 Å². The third kappa shape index (κ3) is 5.74. The van der Waals surface area contributed by atoms with Crippen molar-refractivity contribution in [3.63, 3.8) is 0 Å². The van der Waals surface area contributed by atoms with Gasteiger partial charge >= 0.3 is 6.61 Å². The number of carbonyl (C=O) groups excluding carboxylic acids is 1. The van der Waals surface area contributed by atoms with Crippen LogP contribution in [0.4, 0.5) is 14.5 Å². The Bertz CT molecular complexity index is 1040. The number of halogens is 2. The van der Waals surface area contributed by atoms with Gasteiger partial charge in [0.25, 0.3) is 5.69 Å². The lowest BCUT2D eigenvalue weighted by atomic mass is 10.1. The lowest BCUT2D eigenvalue weighted by Crippen LogP contribution is -2.02. The first-order chi connectivity index (χ1) is 14.4. The summed E-state index contributed by atoms with van der Waals surface area (Å²) in [6, 6.07) is 14.3. The van der Waals surface area contributed by atoms with E-state index in [1.807, 2.05) is 0 Å². The molecule has 0 bridgehead atoms. The summed E-state index contributed by atoms with van der Waals surface area (Å²) in [5.74, 6) is 0.994. The molecule has 0 saturated heterocycles. The second kappa shape index (κ2) is 9.46. The van der Waals surface area contributed by atoms with Crippen molar-refractivity contribution in [3.05, 3.63) is 93.9 Å². The molecule has 3 aromatic rings. The van der Waals surface area contributed by atoms with Gasteiger partial charge in [-0.05, 0) is 60.7 Å². The molecule has 0 aliphatic rings. The van der Waals surface area contributed by atoms with Crippen molar-refractivity contribution in [2.45, 2.75) is 13.2 Å². The normalized spacial score (nSPS) is 11.0. The molecule has 0 radical (unpaired) electrons. The van der Waals surface area contributed by atoms with Gasteiger partial charge in [0.05, 0.1) is 4.92 Å². The van der Waals surface area contributed by atoms with Crippen molar-refractivity contribution in [2.75, 3.05) is 0 Å². The Labute approximate surface area is 169 Å². The summed E-state index contributed by atoms with van der Waals surface area (Å²) in [4.78, 5) is 22.3. The van der Waals surface area contributed by atoms with E-state index < -0.39 is 11.5 Å². The number of ketones is 1. The maximum Gasteiger partial charge on any atom is 0.387 e. The van der Waals surface area contributed by atoms with Crippen molar-refractivity contribution in [2.24, 2.45) is 0 Å². The van der Waals surface area contributed by atoms with Gasteiger partial charge < -0.3 is 13.9 Å². The second-order valence-electron chi connectivity index (χ2n) is 5.94. The smallest absolute Gasteiger partial charge is 0.387 e. The van der Waals surface area contributed by atoms with E-state index in [0.29, 0.717) is 22.8 Å². The first kappa shape index (κ1) is 20.7. The average Bonchev–Trinajstić information content (AvgIpc) is 3.19. The van der Waals surface area contributed by atoms with Crippen LogP contribution in [0.2, 0.25) is 0 Å². The number of ether oxygens (including phenoxy) is 2. The zero-order valence-corrected chi connectivity index (χ0v) is 15.4. The molecule has 0 amide bonds. The first-order valence-electron chi connectivity index (χ1n) is 8.64. The van der Waals surface area contributed by atoms with E-state index in [1.165, 1.54) is 60.7 Å². The summed E-state index contributed by atoms with van der Waals surface area (Å²) in [6.45, 7) is -2.82. The van der Waals surface area contributed by atoms with Crippen molar-refractivity contribution < 1.29 is 32.4 Å². The van der Waals surface area contributed by atoms with Crippen LogP contribution in [0.25, 0.3) is 6.08 Å². The summed E-state index contributed by atoms with van der Waals surface area (Å²) >= 11 is 0. The molecule has 7 nitrogen and oxygen atoms in total. The highest BCUT2D eigenvalue weighted by Gasteiger charge is 2.08. The van der Waals surface area contributed by atoms with Crippen LogP contribution in [0, 0.1) is 10.1 Å². The molecule has 0 aliphatic heterocycles. The average molecular weight is 415 g/mol. The lowest BCUT2D eigenvalue weighted by molar-refractivity contribution is -0.384. The number of allylic oxidation sites excluding steroid dienone is 1. The lowest BCUT2D eigenvalue weighted by Gasteiger charge is -2.04. The highest BCUT2D eigenvalue weighted by molar-refractivity contribution is 6.06. The standard InChI is InChI=1S/C21H15F2NO6/c22-21(23)30-18-5-1-14(2-6-18)20(25)12-11-17-9-10-19(29-17)13-28-16-7-3-15(4-8-16)24(26)27/h1-12,21H,13H2/b12-11+. The number of nitrogens with zero attached hydrogens (tertiary/aromatic N) is 1. The van der Waals surface area contributed by atoms with Crippen LogP contribution >= 0.6 is 0 Å². The van der Waals surface area contributed by atoms with Crippen LogP contribution in [0.3, 0.4) is 0 Å². The van der Waals surface area contributed by atoms with Gasteiger partial charge in [0.1, 0.15) is 29.6 Å². The van der Waals surface area contributed by atoms with Gasteiger partial charge in [-0.3, -0.25) is 14.9 Å². The molecule has 0 spiro atoms. The van der Waals surface area contributed by atoms with Crippen LogP contribution in [0.5, 0.6) is 11.5 Å².